The zero-order chi connectivity index (χ0) is 13.3. The van der Waals surface area contributed by atoms with Crippen LogP contribution in [0.25, 0.3) is 5.69 Å². The minimum absolute atomic E-state index is 0.00608. The second kappa shape index (κ2) is 5.40. The Bertz CT molecular complexity index is 604. The van der Waals surface area contributed by atoms with E-state index in [1.54, 1.807) is 0 Å². The van der Waals surface area contributed by atoms with Crippen LogP contribution in [0, 0.1) is 3.63 Å². The van der Waals surface area contributed by atoms with Gasteiger partial charge in [0, 0.05) is 0 Å². The quantitative estimate of drug-likeness (QED) is 0.494. The summed E-state index contributed by atoms with van der Waals surface area (Å²) in [4.78, 5) is 8.94. The van der Waals surface area contributed by atoms with Crippen molar-refractivity contribution in [3.63, 3.8) is 0 Å². The summed E-state index contributed by atoms with van der Waals surface area (Å²) in [6.07, 6.45) is 7.90. The van der Waals surface area contributed by atoms with E-state index in [0.29, 0.717) is 15.5 Å². The predicted octanol–water partition coefficient (Wildman–Crippen LogP) is 2.87. The number of aryl methyl sites for hydroxylation is 1. The third-order valence-corrected chi connectivity index (χ3v) is 5.37. The van der Waals surface area contributed by atoms with Gasteiger partial charge in [0.25, 0.3) is 0 Å². The molecule has 4 nitrogen and oxygen atoms in total. The number of aromatic nitrogens is 4. The van der Waals surface area contributed by atoms with Crippen molar-refractivity contribution in [3.8, 4) is 5.69 Å². The van der Waals surface area contributed by atoms with Crippen LogP contribution in [-0.2, 0) is 27.9 Å². The Morgan fingerprint density at radius 3 is 2.28 bits per heavy atom. The van der Waals surface area contributed by atoms with Crippen LogP contribution in [0.3, 0.4) is 0 Å². The zero-order valence-corrected chi connectivity index (χ0v) is 14.4. The molecule has 0 saturated carbocycles. The maximum atomic E-state index is 4.47. The van der Waals surface area contributed by atoms with Gasteiger partial charge in [-0.1, -0.05) is 0 Å². The zero-order valence-electron chi connectivity index (χ0n) is 10.8. The van der Waals surface area contributed by atoms with Crippen molar-refractivity contribution in [1.82, 2.24) is 19.1 Å². The first kappa shape index (κ1) is 14.2. The predicted molar refractivity (Wildman–Crippen MR) is 76.3 cm³/mol. The van der Waals surface area contributed by atoms with Crippen LogP contribution < -0.4 is 0 Å². The molecule has 2 rings (SSSR count). The monoisotopic (exact) mass is 450 g/mol. The summed E-state index contributed by atoms with van der Waals surface area (Å²) >= 11 is 3.08. The van der Waals surface area contributed by atoms with Crippen LogP contribution in [0.4, 0.5) is 0 Å². The fourth-order valence-corrected chi connectivity index (χ4v) is 4.56. The van der Waals surface area contributed by atoms with Gasteiger partial charge in [-0.2, -0.15) is 0 Å². The van der Waals surface area contributed by atoms with E-state index in [2.05, 4.69) is 78.3 Å². The van der Waals surface area contributed by atoms with Gasteiger partial charge in [-0.15, -0.1) is 0 Å². The van der Waals surface area contributed by atoms with Crippen molar-refractivity contribution in [1.29, 1.82) is 0 Å². The average molecular weight is 451 g/mol. The van der Waals surface area contributed by atoms with Crippen LogP contribution in [0.15, 0.2) is 24.8 Å². The van der Waals surface area contributed by atoms with E-state index < -0.39 is 0 Å². The van der Waals surface area contributed by atoms with E-state index in [9.17, 15) is 0 Å². The van der Waals surface area contributed by atoms with E-state index >= 15 is 0 Å². The molecule has 0 bridgehead atoms. The van der Waals surface area contributed by atoms with Gasteiger partial charge in [0.05, 0.1) is 0 Å². The SMILES string of the molecule is Cn1ccn(-c2cnc(C(C)(C)C)nc2)[c]1=[Ag][I]. The Hall–Kier alpha value is -0.240. The van der Waals surface area contributed by atoms with Gasteiger partial charge in [-0.05, 0) is 0 Å². The molecule has 102 valence electrons. The van der Waals surface area contributed by atoms with Crippen molar-refractivity contribution < 1.29 is 15.5 Å². The molecule has 0 radical (unpaired) electrons. The molecular formula is C12H16AgIN4. The number of imidazole rings is 1. The summed E-state index contributed by atoms with van der Waals surface area (Å²) in [5.41, 5.74) is 1.01. The van der Waals surface area contributed by atoms with Crippen molar-refractivity contribution in [2.75, 3.05) is 0 Å². The van der Waals surface area contributed by atoms with Gasteiger partial charge in [0.15, 0.2) is 0 Å². The molecule has 0 spiro atoms. The second-order valence-corrected chi connectivity index (χ2v) is 7.95. The Labute approximate surface area is 126 Å². The Morgan fingerprint density at radius 1 is 1.17 bits per heavy atom. The molecule has 0 unspecified atom stereocenters. The molecule has 0 N–H and O–H groups in total. The fraction of sp³-hybridized carbons (Fsp3) is 0.417. The first-order valence-corrected chi connectivity index (χ1v) is 10.7. The molecule has 0 aliphatic carbocycles. The average Bonchev–Trinajstić information content (AvgIpc) is 2.69. The Morgan fingerprint density at radius 2 is 1.78 bits per heavy atom. The molecule has 0 aromatic carbocycles. The molecular weight excluding hydrogens is 435 g/mol. The van der Waals surface area contributed by atoms with Crippen molar-refractivity contribution in [2.24, 2.45) is 7.05 Å². The first-order chi connectivity index (χ1) is 8.43. The summed E-state index contributed by atoms with van der Waals surface area (Å²) in [7, 11) is 2.06. The molecule has 2 heterocycles. The molecule has 2 aromatic heterocycles. The molecule has 0 saturated heterocycles. The Balaban J connectivity index is 2.47. The van der Waals surface area contributed by atoms with E-state index in [4.69, 9.17) is 0 Å². The van der Waals surface area contributed by atoms with Crippen molar-refractivity contribution in [2.45, 2.75) is 26.2 Å². The van der Waals surface area contributed by atoms with E-state index in [1.807, 2.05) is 12.4 Å². The number of nitrogens with zero attached hydrogens (tertiary/aromatic N) is 4. The Kier molecular flexibility index (Phi) is 4.25. The number of hydrogen-bond acceptors (Lipinski definition) is 2. The van der Waals surface area contributed by atoms with Crippen LogP contribution in [0.5, 0.6) is 0 Å². The fourth-order valence-electron chi connectivity index (χ4n) is 1.53. The van der Waals surface area contributed by atoms with E-state index in [-0.39, 0.29) is 5.41 Å². The van der Waals surface area contributed by atoms with Gasteiger partial charge < -0.3 is 0 Å². The van der Waals surface area contributed by atoms with Crippen LogP contribution in [0.2, 0.25) is 0 Å². The summed E-state index contributed by atoms with van der Waals surface area (Å²) < 4.78 is 5.52. The van der Waals surface area contributed by atoms with Crippen molar-refractivity contribution in [3.05, 3.63) is 34.2 Å². The van der Waals surface area contributed by atoms with E-state index in [1.165, 1.54) is 3.63 Å². The summed E-state index contributed by atoms with van der Waals surface area (Å²) in [5.74, 6) is 0.876. The molecule has 0 amide bonds. The molecule has 0 aliphatic heterocycles. The molecule has 0 aliphatic rings. The molecule has 0 fully saturated rings. The first-order valence-electron chi connectivity index (χ1n) is 5.52. The molecule has 18 heavy (non-hydrogen) atoms. The normalized spacial score (nSPS) is 13.9. The third kappa shape index (κ3) is 2.84. The minimum atomic E-state index is -0.00608. The van der Waals surface area contributed by atoms with Gasteiger partial charge in [-0.3, -0.25) is 0 Å². The number of halogens is 1. The standard InChI is InChI=1S/C12H16N4.Ag.HI/c1-12(2,3)11-13-7-10(8-14-11)16-6-5-15(4)9-16;;/h5-8H,1-4H3;;1H/q;+1;/p-1. The van der Waals surface area contributed by atoms with Gasteiger partial charge in [0.1, 0.15) is 0 Å². The molecule has 2 aromatic rings. The molecule has 0 atom stereocenters. The molecule has 6 heteroatoms. The van der Waals surface area contributed by atoms with Gasteiger partial charge >= 0.3 is 127 Å². The van der Waals surface area contributed by atoms with Crippen LogP contribution in [-0.4, -0.2) is 19.1 Å². The third-order valence-electron chi connectivity index (χ3n) is 2.52. The summed E-state index contributed by atoms with van der Waals surface area (Å²) in [5, 5.41) is 0. The maximum absolute atomic E-state index is 4.47. The number of rotatable bonds is 1. The van der Waals surface area contributed by atoms with Crippen molar-refractivity contribution >= 4 is 19.0 Å². The van der Waals surface area contributed by atoms with Crippen LogP contribution >= 0.6 is 19.0 Å². The second-order valence-electron chi connectivity index (χ2n) is 5.09. The topological polar surface area (TPSA) is 35.6 Å². The number of hydrogen-bond donors (Lipinski definition) is 0. The van der Waals surface area contributed by atoms with Gasteiger partial charge in [0.2, 0.25) is 0 Å². The summed E-state index contributed by atoms with van der Waals surface area (Å²) in [6.45, 7) is 6.36. The summed E-state index contributed by atoms with van der Waals surface area (Å²) in [6, 6.07) is 0. The van der Waals surface area contributed by atoms with Crippen LogP contribution in [0.1, 0.15) is 26.6 Å². The van der Waals surface area contributed by atoms with Gasteiger partial charge in [-0.25, -0.2) is 0 Å². The van der Waals surface area contributed by atoms with E-state index in [0.717, 1.165) is 11.5 Å².